The second kappa shape index (κ2) is 8.73. The van der Waals surface area contributed by atoms with Crippen LogP contribution in [-0.4, -0.2) is 38.6 Å². The highest BCUT2D eigenvalue weighted by Gasteiger charge is 2.24. The number of carbonyl (C=O) groups is 2. The lowest BCUT2D eigenvalue weighted by atomic mass is 10.3. The standard InChI is InChI=1S/C16H18FN3O6S/c1-10-16(11(2)26-20-10)27(23,24)18-8-7-15(22)25-9-14(21)19-13-5-3-12(17)4-6-13/h3-6,18H,7-9H2,1-2H3,(H,19,21). The van der Waals surface area contributed by atoms with Crippen molar-refractivity contribution < 1.29 is 31.7 Å². The largest absolute Gasteiger partial charge is 0.456 e. The molecule has 146 valence electrons. The summed E-state index contributed by atoms with van der Waals surface area (Å²) < 4.78 is 48.9. The van der Waals surface area contributed by atoms with Crippen molar-refractivity contribution in [3.63, 3.8) is 0 Å². The number of nitrogens with one attached hydrogen (secondary N) is 2. The summed E-state index contributed by atoms with van der Waals surface area (Å²) in [5, 5.41) is 5.99. The van der Waals surface area contributed by atoms with Crippen molar-refractivity contribution in [2.45, 2.75) is 25.2 Å². The average Bonchev–Trinajstić information content (AvgIpc) is 2.94. The van der Waals surface area contributed by atoms with Gasteiger partial charge in [0.1, 0.15) is 16.4 Å². The van der Waals surface area contributed by atoms with Crippen molar-refractivity contribution >= 4 is 27.6 Å². The SMILES string of the molecule is Cc1noc(C)c1S(=O)(=O)NCCC(=O)OCC(=O)Nc1ccc(F)cc1. The maximum atomic E-state index is 12.8. The van der Waals surface area contributed by atoms with E-state index in [0.29, 0.717) is 5.69 Å². The molecule has 0 saturated carbocycles. The zero-order chi connectivity index (χ0) is 20.0. The molecule has 0 fully saturated rings. The highest BCUT2D eigenvalue weighted by Crippen LogP contribution is 2.18. The number of ether oxygens (including phenoxy) is 1. The fourth-order valence-electron chi connectivity index (χ4n) is 2.17. The van der Waals surface area contributed by atoms with Gasteiger partial charge in [-0.2, -0.15) is 0 Å². The number of hydrogen-bond acceptors (Lipinski definition) is 7. The van der Waals surface area contributed by atoms with Crippen LogP contribution in [0.3, 0.4) is 0 Å². The number of halogens is 1. The predicted molar refractivity (Wildman–Crippen MR) is 91.8 cm³/mol. The molecule has 9 nitrogen and oxygen atoms in total. The molecule has 2 N–H and O–H groups in total. The van der Waals surface area contributed by atoms with Gasteiger partial charge in [0.2, 0.25) is 10.0 Å². The Balaban J connectivity index is 1.74. The van der Waals surface area contributed by atoms with E-state index in [-0.39, 0.29) is 29.3 Å². The zero-order valence-electron chi connectivity index (χ0n) is 14.6. The number of aryl methyl sites for hydroxylation is 2. The van der Waals surface area contributed by atoms with E-state index in [4.69, 9.17) is 9.26 Å². The molecule has 0 atom stereocenters. The monoisotopic (exact) mass is 399 g/mol. The zero-order valence-corrected chi connectivity index (χ0v) is 15.4. The van der Waals surface area contributed by atoms with E-state index in [9.17, 15) is 22.4 Å². The minimum Gasteiger partial charge on any atom is -0.456 e. The van der Waals surface area contributed by atoms with Gasteiger partial charge >= 0.3 is 5.97 Å². The fraction of sp³-hybridized carbons (Fsp3) is 0.312. The Morgan fingerprint density at radius 3 is 2.48 bits per heavy atom. The van der Waals surface area contributed by atoms with Gasteiger partial charge in [0, 0.05) is 12.2 Å². The van der Waals surface area contributed by atoms with Crippen LogP contribution in [-0.2, 0) is 24.3 Å². The summed E-state index contributed by atoms with van der Waals surface area (Å²) in [4.78, 5) is 23.2. The topological polar surface area (TPSA) is 128 Å². The van der Waals surface area contributed by atoms with Crippen LogP contribution < -0.4 is 10.0 Å². The van der Waals surface area contributed by atoms with Crippen LogP contribution in [0.1, 0.15) is 17.9 Å². The number of esters is 1. The molecule has 0 aliphatic rings. The summed E-state index contributed by atoms with van der Waals surface area (Å²) in [7, 11) is -3.87. The van der Waals surface area contributed by atoms with Gasteiger partial charge in [0.25, 0.3) is 5.91 Å². The lowest BCUT2D eigenvalue weighted by molar-refractivity contribution is -0.147. The van der Waals surface area contributed by atoms with Crippen molar-refractivity contribution in [1.82, 2.24) is 9.88 Å². The van der Waals surface area contributed by atoms with Gasteiger partial charge in [0.05, 0.1) is 6.42 Å². The second-order valence-corrected chi connectivity index (χ2v) is 7.22. The maximum Gasteiger partial charge on any atom is 0.307 e. The van der Waals surface area contributed by atoms with Crippen LogP contribution >= 0.6 is 0 Å². The van der Waals surface area contributed by atoms with Crippen molar-refractivity contribution in [3.05, 3.63) is 41.5 Å². The molecule has 0 unspecified atom stereocenters. The van der Waals surface area contributed by atoms with Gasteiger partial charge in [-0.05, 0) is 38.1 Å². The maximum absolute atomic E-state index is 12.8. The van der Waals surface area contributed by atoms with Gasteiger partial charge in [-0.25, -0.2) is 17.5 Å². The van der Waals surface area contributed by atoms with Crippen molar-refractivity contribution in [1.29, 1.82) is 0 Å². The highest BCUT2D eigenvalue weighted by atomic mass is 32.2. The normalized spacial score (nSPS) is 11.2. The van der Waals surface area contributed by atoms with E-state index in [1.807, 2.05) is 0 Å². The molecular formula is C16H18FN3O6S. The van der Waals surface area contributed by atoms with Crippen LogP contribution in [0.4, 0.5) is 10.1 Å². The Bertz CT molecular complexity index is 905. The van der Waals surface area contributed by atoms with Crippen LogP contribution in [0.2, 0.25) is 0 Å². The number of rotatable bonds is 8. The summed E-state index contributed by atoms with van der Waals surface area (Å²) >= 11 is 0. The molecule has 0 radical (unpaired) electrons. The first kappa shape index (κ1) is 20.5. The Kier molecular flexibility index (Phi) is 6.64. The Morgan fingerprint density at radius 2 is 1.89 bits per heavy atom. The number of sulfonamides is 1. The highest BCUT2D eigenvalue weighted by molar-refractivity contribution is 7.89. The minimum atomic E-state index is -3.87. The number of aromatic nitrogens is 1. The minimum absolute atomic E-state index is 0.0745. The number of amides is 1. The van der Waals surface area contributed by atoms with Crippen LogP contribution in [0.25, 0.3) is 0 Å². The van der Waals surface area contributed by atoms with E-state index in [1.54, 1.807) is 0 Å². The predicted octanol–water partition coefficient (Wildman–Crippen LogP) is 1.28. The molecule has 27 heavy (non-hydrogen) atoms. The number of hydrogen-bond donors (Lipinski definition) is 2. The Morgan fingerprint density at radius 1 is 1.22 bits per heavy atom. The molecule has 0 spiro atoms. The summed E-state index contributed by atoms with van der Waals surface area (Å²) in [5.74, 6) is -1.67. The van der Waals surface area contributed by atoms with Crippen LogP contribution in [0, 0.1) is 19.7 Å². The van der Waals surface area contributed by atoms with E-state index in [1.165, 1.54) is 38.1 Å². The van der Waals surface area contributed by atoms with Crippen molar-refractivity contribution in [2.24, 2.45) is 0 Å². The third kappa shape index (κ3) is 5.86. The van der Waals surface area contributed by atoms with Crippen molar-refractivity contribution in [3.8, 4) is 0 Å². The smallest absolute Gasteiger partial charge is 0.307 e. The molecule has 0 saturated heterocycles. The van der Waals surface area contributed by atoms with E-state index in [2.05, 4.69) is 15.2 Å². The first-order valence-electron chi connectivity index (χ1n) is 7.82. The number of carbonyl (C=O) groups excluding carboxylic acids is 2. The molecule has 0 bridgehead atoms. The summed E-state index contributed by atoms with van der Waals surface area (Å²) in [6, 6.07) is 5.07. The van der Waals surface area contributed by atoms with Crippen molar-refractivity contribution in [2.75, 3.05) is 18.5 Å². The summed E-state index contributed by atoms with van der Waals surface area (Å²) in [6.45, 7) is 2.18. The molecule has 2 rings (SSSR count). The second-order valence-electron chi connectivity index (χ2n) is 5.52. The van der Waals surface area contributed by atoms with Gasteiger partial charge in [0.15, 0.2) is 12.4 Å². The van der Waals surface area contributed by atoms with E-state index < -0.39 is 34.3 Å². The van der Waals surface area contributed by atoms with E-state index in [0.717, 1.165) is 0 Å². The third-order valence-electron chi connectivity index (χ3n) is 3.35. The van der Waals surface area contributed by atoms with Gasteiger partial charge < -0.3 is 14.6 Å². The number of anilines is 1. The molecule has 1 aromatic heterocycles. The lowest BCUT2D eigenvalue weighted by Crippen LogP contribution is -2.28. The van der Waals surface area contributed by atoms with Crippen LogP contribution in [0.15, 0.2) is 33.7 Å². The van der Waals surface area contributed by atoms with Gasteiger partial charge in [-0.15, -0.1) is 0 Å². The average molecular weight is 399 g/mol. The molecule has 11 heteroatoms. The van der Waals surface area contributed by atoms with Gasteiger partial charge in [-0.1, -0.05) is 5.16 Å². The first-order chi connectivity index (χ1) is 12.7. The third-order valence-corrected chi connectivity index (χ3v) is 5.05. The molecule has 1 heterocycles. The molecule has 0 aliphatic carbocycles. The number of benzene rings is 1. The van der Waals surface area contributed by atoms with E-state index >= 15 is 0 Å². The Hall–Kier alpha value is -2.79. The Labute approximate surface area is 154 Å². The molecule has 2 aromatic rings. The number of nitrogens with zero attached hydrogens (tertiary/aromatic N) is 1. The molecular weight excluding hydrogens is 381 g/mol. The lowest BCUT2D eigenvalue weighted by Gasteiger charge is -2.08. The van der Waals surface area contributed by atoms with Gasteiger partial charge in [-0.3, -0.25) is 9.59 Å². The molecule has 1 amide bonds. The molecule has 1 aromatic carbocycles. The first-order valence-corrected chi connectivity index (χ1v) is 9.31. The molecule has 0 aliphatic heterocycles. The quantitative estimate of drug-likeness (QED) is 0.640. The van der Waals surface area contributed by atoms with Crippen LogP contribution in [0.5, 0.6) is 0 Å². The fourth-order valence-corrected chi connectivity index (χ4v) is 3.52. The summed E-state index contributed by atoms with van der Waals surface area (Å²) in [6.07, 6.45) is -0.271. The summed E-state index contributed by atoms with van der Waals surface area (Å²) in [5.41, 5.74) is 0.560.